The predicted octanol–water partition coefficient (Wildman–Crippen LogP) is 1.16. The Labute approximate surface area is 175 Å². The molecule has 7 nitrogen and oxygen atoms in total. The van der Waals surface area contributed by atoms with E-state index >= 15 is 0 Å². The van der Waals surface area contributed by atoms with E-state index < -0.39 is 25.4 Å². The smallest absolute Gasteiger partial charge is 0.423 e. The molecule has 3 aromatic rings. The van der Waals surface area contributed by atoms with Crippen molar-refractivity contribution >= 4 is 46.8 Å². The lowest BCUT2D eigenvalue weighted by atomic mass is 9.80. The Morgan fingerprint density at radius 2 is 1.97 bits per heavy atom. The highest BCUT2D eigenvalue weighted by atomic mass is 32.1. The highest BCUT2D eigenvalue weighted by Gasteiger charge is 2.55. The van der Waals surface area contributed by atoms with Crippen molar-refractivity contribution in [3.8, 4) is 0 Å². The molecule has 1 aliphatic heterocycles. The standard InChI is InChI=1S/C19H25B2N3O4S/c1-12-17(29-13(2)23-12)21-27-18(3,4)19(5,28-21)8-9-24-11-22-15-10-14(20(25)26)6-7-16(15)24/h6-7,10-11,25-26H,8-9H2,1-5H3. The summed E-state index contributed by atoms with van der Waals surface area (Å²) >= 11 is 1.62. The minimum Gasteiger partial charge on any atom is -0.423 e. The third kappa shape index (κ3) is 3.64. The summed E-state index contributed by atoms with van der Waals surface area (Å²) in [5.74, 6) is 0. The fraction of sp³-hybridized carbons (Fsp3) is 0.474. The highest BCUT2D eigenvalue weighted by molar-refractivity contribution is 7.22. The van der Waals surface area contributed by atoms with E-state index in [1.807, 2.05) is 19.9 Å². The van der Waals surface area contributed by atoms with Gasteiger partial charge in [0.25, 0.3) is 0 Å². The van der Waals surface area contributed by atoms with Crippen molar-refractivity contribution in [3.05, 3.63) is 35.2 Å². The van der Waals surface area contributed by atoms with Crippen LogP contribution in [0.3, 0.4) is 0 Å². The molecule has 0 radical (unpaired) electrons. The van der Waals surface area contributed by atoms with Gasteiger partial charge in [-0.25, -0.2) is 9.97 Å². The van der Waals surface area contributed by atoms with Gasteiger partial charge in [-0.05, 0) is 58.6 Å². The number of aryl methyl sites for hydroxylation is 3. The van der Waals surface area contributed by atoms with Crippen LogP contribution in [-0.4, -0.2) is 50.0 Å². The SMILES string of the molecule is Cc1nc(C)c(B2OC(C)(C)C(C)(CCn3cnc4cc(B(O)O)ccc43)O2)s1. The minimum absolute atomic E-state index is 0.408. The van der Waals surface area contributed by atoms with Crippen molar-refractivity contribution < 1.29 is 19.4 Å². The maximum absolute atomic E-state index is 9.36. The van der Waals surface area contributed by atoms with E-state index in [1.54, 1.807) is 29.8 Å². The quantitative estimate of drug-likeness (QED) is 0.611. The Hall–Kier alpha value is -1.71. The molecule has 0 amide bonds. The molecule has 1 atom stereocenters. The van der Waals surface area contributed by atoms with Crippen LogP contribution in [0.1, 0.15) is 37.9 Å². The van der Waals surface area contributed by atoms with Crippen LogP contribution in [0.2, 0.25) is 0 Å². The minimum atomic E-state index is -1.50. The van der Waals surface area contributed by atoms with Gasteiger partial charge in [0.15, 0.2) is 0 Å². The number of aromatic nitrogens is 3. The molecule has 10 heteroatoms. The Morgan fingerprint density at radius 1 is 1.21 bits per heavy atom. The number of rotatable bonds is 5. The monoisotopic (exact) mass is 413 g/mol. The van der Waals surface area contributed by atoms with Gasteiger partial charge in [0.05, 0.1) is 38.3 Å². The van der Waals surface area contributed by atoms with Crippen LogP contribution >= 0.6 is 11.3 Å². The zero-order valence-corrected chi connectivity index (χ0v) is 18.2. The van der Waals surface area contributed by atoms with E-state index in [9.17, 15) is 10.0 Å². The lowest BCUT2D eigenvalue weighted by Crippen LogP contribution is -2.45. The number of imidazole rings is 1. The summed E-state index contributed by atoms with van der Waals surface area (Å²) in [7, 11) is -1.90. The third-order valence-corrected chi connectivity index (χ3v) is 7.06. The van der Waals surface area contributed by atoms with E-state index in [0.29, 0.717) is 12.0 Å². The van der Waals surface area contributed by atoms with Gasteiger partial charge in [0.1, 0.15) is 0 Å². The molecule has 2 aromatic heterocycles. The second-order valence-electron chi connectivity index (χ2n) is 8.30. The van der Waals surface area contributed by atoms with Crippen molar-refractivity contribution in [2.24, 2.45) is 0 Å². The molecule has 1 fully saturated rings. The van der Waals surface area contributed by atoms with Crippen LogP contribution in [-0.2, 0) is 15.9 Å². The molecule has 0 bridgehead atoms. The molecule has 2 N–H and O–H groups in total. The van der Waals surface area contributed by atoms with Gasteiger partial charge in [-0.15, -0.1) is 11.3 Å². The highest BCUT2D eigenvalue weighted by Crippen LogP contribution is 2.40. The molecule has 1 aliphatic rings. The summed E-state index contributed by atoms with van der Waals surface area (Å²) in [6, 6.07) is 5.27. The van der Waals surface area contributed by atoms with Crippen LogP contribution in [0.5, 0.6) is 0 Å². The summed E-state index contributed by atoms with van der Waals surface area (Å²) in [6.07, 6.45) is 2.52. The molecular weight excluding hydrogens is 388 g/mol. The molecule has 0 aliphatic carbocycles. The average Bonchev–Trinajstić information content (AvgIpc) is 3.27. The fourth-order valence-corrected chi connectivity index (χ4v) is 4.67. The molecule has 0 spiro atoms. The van der Waals surface area contributed by atoms with Crippen LogP contribution in [0.25, 0.3) is 11.0 Å². The number of thiazole rings is 1. The first-order chi connectivity index (χ1) is 13.6. The molecule has 3 heterocycles. The van der Waals surface area contributed by atoms with Crippen molar-refractivity contribution in [3.63, 3.8) is 0 Å². The Balaban J connectivity index is 1.54. The second-order valence-corrected chi connectivity index (χ2v) is 9.54. The zero-order valence-electron chi connectivity index (χ0n) is 17.3. The van der Waals surface area contributed by atoms with Crippen molar-refractivity contribution in [2.75, 3.05) is 0 Å². The fourth-order valence-electron chi connectivity index (χ4n) is 3.78. The first kappa shape index (κ1) is 20.6. The van der Waals surface area contributed by atoms with Gasteiger partial charge < -0.3 is 23.9 Å². The summed E-state index contributed by atoms with van der Waals surface area (Å²) in [4.78, 5) is 8.91. The molecule has 1 aromatic carbocycles. The van der Waals surface area contributed by atoms with Crippen LogP contribution in [0.4, 0.5) is 0 Å². The maximum atomic E-state index is 9.36. The van der Waals surface area contributed by atoms with E-state index in [4.69, 9.17) is 9.31 Å². The van der Waals surface area contributed by atoms with E-state index in [1.165, 1.54) is 0 Å². The second kappa shape index (κ2) is 7.21. The molecular formula is C19H25B2N3O4S. The molecule has 29 heavy (non-hydrogen) atoms. The summed E-state index contributed by atoms with van der Waals surface area (Å²) in [5.41, 5.74) is 2.12. The van der Waals surface area contributed by atoms with Gasteiger partial charge >= 0.3 is 14.2 Å². The largest absolute Gasteiger partial charge is 0.507 e. The van der Waals surface area contributed by atoms with Gasteiger partial charge in [-0.3, -0.25) is 0 Å². The van der Waals surface area contributed by atoms with Crippen LogP contribution in [0, 0.1) is 13.8 Å². The van der Waals surface area contributed by atoms with Crippen molar-refractivity contribution in [2.45, 2.75) is 58.8 Å². The van der Waals surface area contributed by atoms with Crippen molar-refractivity contribution in [1.82, 2.24) is 14.5 Å². The van der Waals surface area contributed by atoms with Gasteiger partial charge in [0.2, 0.25) is 0 Å². The van der Waals surface area contributed by atoms with E-state index in [2.05, 4.69) is 35.3 Å². The first-order valence-electron chi connectivity index (χ1n) is 9.70. The van der Waals surface area contributed by atoms with E-state index in [0.717, 1.165) is 32.9 Å². The van der Waals surface area contributed by atoms with E-state index in [-0.39, 0.29) is 0 Å². The third-order valence-electron chi connectivity index (χ3n) is 5.97. The predicted molar refractivity (Wildman–Crippen MR) is 116 cm³/mol. The topological polar surface area (TPSA) is 89.6 Å². The van der Waals surface area contributed by atoms with Crippen LogP contribution in [0.15, 0.2) is 24.5 Å². The normalized spacial score (nSPS) is 21.3. The Bertz CT molecular complexity index is 1050. The van der Waals surface area contributed by atoms with Gasteiger partial charge in [-0.2, -0.15) is 0 Å². The molecule has 152 valence electrons. The van der Waals surface area contributed by atoms with Crippen LogP contribution < -0.4 is 10.2 Å². The summed E-state index contributed by atoms with van der Waals surface area (Å²) < 4.78 is 15.9. The van der Waals surface area contributed by atoms with Crippen molar-refractivity contribution in [1.29, 1.82) is 0 Å². The summed E-state index contributed by atoms with van der Waals surface area (Å²) in [6.45, 7) is 10.9. The average molecular weight is 413 g/mol. The Morgan fingerprint density at radius 3 is 2.62 bits per heavy atom. The lowest BCUT2D eigenvalue weighted by Gasteiger charge is -2.36. The number of nitrogens with zero attached hydrogens (tertiary/aromatic N) is 3. The van der Waals surface area contributed by atoms with Gasteiger partial charge in [-0.1, -0.05) is 6.07 Å². The summed E-state index contributed by atoms with van der Waals surface area (Å²) in [5, 5.41) is 19.7. The molecule has 1 saturated heterocycles. The molecule has 1 unspecified atom stereocenters. The van der Waals surface area contributed by atoms with Gasteiger partial charge in [0, 0.05) is 12.2 Å². The molecule has 0 saturated carbocycles. The first-order valence-corrected chi connectivity index (χ1v) is 10.5. The Kier molecular flexibility index (Phi) is 5.11. The maximum Gasteiger partial charge on any atom is 0.507 e. The number of hydrogen-bond donors (Lipinski definition) is 2. The zero-order chi connectivity index (χ0) is 21.0. The number of hydrogen-bond acceptors (Lipinski definition) is 7. The lowest BCUT2D eigenvalue weighted by molar-refractivity contribution is -0.0182. The number of fused-ring (bicyclic) bond motifs is 1. The molecule has 4 rings (SSSR count). The number of benzene rings is 1.